The Morgan fingerprint density at radius 2 is 1.90 bits per heavy atom. The van der Waals surface area contributed by atoms with Crippen LogP contribution in [0.2, 0.25) is 0 Å². The maximum absolute atomic E-state index is 13.3. The van der Waals surface area contributed by atoms with E-state index < -0.39 is 16.0 Å². The van der Waals surface area contributed by atoms with E-state index in [-0.39, 0.29) is 22.0 Å². The third-order valence-corrected chi connectivity index (χ3v) is 7.38. The third-order valence-electron chi connectivity index (χ3n) is 4.07. The lowest BCUT2D eigenvalue weighted by Gasteiger charge is -2.23. The van der Waals surface area contributed by atoms with Gasteiger partial charge in [0.1, 0.15) is 5.82 Å². The molecule has 0 fully saturated rings. The summed E-state index contributed by atoms with van der Waals surface area (Å²) in [6.07, 6.45) is 2.93. The van der Waals surface area contributed by atoms with Crippen LogP contribution in [0.3, 0.4) is 0 Å². The van der Waals surface area contributed by atoms with Crippen LogP contribution in [0.25, 0.3) is 0 Å². The Morgan fingerprint density at radius 3 is 2.52 bits per heavy atom. The summed E-state index contributed by atoms with van der Waals surface area (Å²) < 4.78 is 40.9. The number of anilines is 1. The Kier molecular flexibility index (Phi) is 6.19. The lowest BCUT2D eigenvalue weighted by Crippen LogP contribution is -2.25. The van der Waals surface area contributed by atoms with E-state index in [0.717, 1.165) is 27.3 Å². The molecule has 150 valence electrons. The van der Waals surface area contributed by atoms with Gasteiger partial charge in [-0.25, -0.2) is 21.3 Å². The summed E-state index contributed by atoms with van der Waals surface area (Å²) >= 11 is 0.989. The van der Waals surface area contributed by atoms with Crippen molar-refractivity contribution in [3.8, 4) is 0 Å². The fraction of sp³-hybridized carbons (Fsp3) is 0.100. The molecule has 0 aliphatic carbocycles. The molecule has 6 nitrogen and oxygen atoms in total. The minimum absolute atomic E-state index is 0.0826. The number of pyridine rings is 1. The van der Waals surface area contributed by atoms with Crippen molar-refractivity contribution in [2.45, 2.75) is 17.6 Å². The zero-order valence-corrected chi connectivity index (χ0v) is 17.0. The third kappa shape index (κ3) is 4.75. The average Bonchev–Trinajstić information content (AvgIpc) is 2.70. The summed E-state index contributed by atoms with van der Waals surface area (Å²) in [5.41, 5.74) is 1.43. The van der Waals surface area contributed by atoms with Crippen molar-refractivity contribution in [1.29, 1.82) is 0 Å². The quantitative estimate of drug-likeness (QED) is 0.561. The minimum Gasteiger partial charge on any atom is -0.478 e. The number of carboxylic acids is 1. The number of halogens is 1. The molecule has 2 aromatic carbocycles. The standard InChI is InChI=1S/C20H17FN2O4S2/c1-14-4-9-18(11-19(14)20(24)25)29(26,27)23(17-3-2-10-22-12-17)28-13-15-5-7-16(21)8-6-15/h2-12H,13H2,1H3,(H,24,25). The predicted octanol–water partition coefficient (Wildman–Crippen LogP) is 4.27. The SMILES string of the molecule is Cc1ccc(S(=O)(=O)N(SCc2ccc(F)cc2)c2cccnc2)cc1C(=O)O. The number of hydrogen-bond donors (Lipinski definition) is 1. The fourth-order valence-electron chi connectivity index (χ4n) is 2.55. The second-order valence-electron chi connectivity index (χ2n) is 6.13. The average molecular weight is 432 g/mol. The van der Waals surface area contributed by atoms with Crippen LogP contribution in [0.4, 0.5) is 10.1 Å². The molecular formula is C20H17FN2O4S2. The Labute approximate surface area is 172 Å². The van der Waals surface area contributed by atoms with Gasteiger partial charge in [0, 0.05) is 11.9 Å². The molecule has 0 radical (unpaired) electrons. The molecule has 0 saturated carbocycles. The number of carbonyl (C=O) groups is 1. The number of aryl methyl sites for hydroxylation is 1. The van der Waals surface area contributed by atoms with Gasteiger partial charge in [-0.2, -0.15) is 0 Å². The summed E-state index contributed by atoms with van der Waals surface area (Å²) in [5.74, 6) is -1.32. The number of carboxylic acid groups (broad SMARTS) is 1. The molecule has 0 spiro atoms. The summed E-state index contributed by atoms with van der Waals surface area (Å²) in [6.45, 7) is 1.60. The number of rotatable bonds is 7. The van der Waals surface area contributed by atoms with Crippen molar-refractivity contribution in [2.75, 3.05) is 3.71 Å². The summed E-state index contributed by atoms with van der Waals surface area (Å²) in [5, 5.41) is 9.33. The van der Waals surface area contributed by atoms with Crippen LogP contribution in [-0.2, 0) is 15.8 Å². The highest BCUT2D eigenvalue weighted by Gasteiger charge is 2.27. The summed E-state index contributed by atoms with van der Waals surface area (Å²) in [7, 11) is -4.09. The van der Waals surface area contributed by atoms with Gasteiger partial charge in [-0.1, -0.05) is 18.2 Å². The first-order valence-electron chi connectivity index (χ1n) is 8.45. The van der Waals surface area contributed by atoms with Crippen molar-refractivity contribution in [1.82, 2.24) is 4.98 Å². The van der Waals surface area contributed by atoms with Gasteiger partial charge in [0.05, 0.1) is 22.3 Å². The number of aromatic nitrogens is 1. The molecule has 9 heteroatoms. The Morgan fingerprint density at radius 1 is 1.17 bits per heavy atom. The molecule has 0 atom stereocenters. The van der Waals surface area contributed by atoms with Gasteiger partial charge in [0.15, 0.2) is 0 Å². The van der Waals surface area contributed by atoms with Crippen LogP contribution in [0.15, 0.2) is 71.9 Å². The van der Waals surface area contributed by atoms with Crippen molar-refractivity contribution in [3.05, 3.63) is 89.5 Å². The highest BCUT2D eigenvalue weighted by atomic mass is 32.3. The second kappa shape index (κ2) is 8.62. The van der Waals surface area contributed by atoms with Crippen molar-refractivity contribution >= 4 is 33.6 Å². The molecule has 0 unspecified atom stereocenters. The zero-order chi connectivity index (χ0) is 21.0. The molecule has 0 aliphatic heterocycles. The normalized spacial score (nSPS) is 11.2. The summed E-state index contributed by atoms with van der Waals surface area (Å²) in [6, 6.07) is 12.9. The molecule has 29 heavy (non-hydrogen) atoms. The maximum atomic E-state index is 13.3. The topological polar surface area (TPSA) is 87.6 Å². The molecule has 0 saturated heterocycles. The molecule has 0 aliphatic rings. The van der Waals surface area contributed by atoms with Crippen LogP contribution in [-0.4, -0.2) is 24.5 Å². The monoisotopic (exact) mass is 432 g/mol. The van der Waals surface area contributed by atoms with Crippen LogP contribution < -0.4 is 3.71 Å². The molecule has 3 aromatic rings. The molecule has 1 aromatic heterocycles. The largest absolute Gasteiger partial charge is 0.478 e. The highest BCUT2D eigenvalue weighted by molar-refractivity contribution is 8.14. The zero-order valence-electron chi connectivity index (χ0n) is 15.3. The number of aromatic carboxylic acids is 1. The number of hydrogen-bond acceptors (Lipinski definition) is 5. The molecule has 1 heterocycles. The minimum atomic E-state index is -4.09. The van der Waals surface area contributed by atoms with Crippen molar-refractivity contribution < 1.29 is 22.7 Å². The first-order valence-corrected chi connectivity index (χ1v) is 10.8. The van der Waals surface area contributed by atoms with Crippen molar-refractivity contribution in [2.24, 2.45) is 0 Å². The van der Waals surface area contributed by atoms with E-state index >= 15 is 0 Å². The van der Waals surface area contributed by atoms with E-state index in [2.05, 4.69) is 4.98 Å². The number of nitrogens with zero attached hydrogens (tertiary/aromatic N) is 2. The highest BCUT2D eigenvalue weighted by Crippen LogP contribution is 2.32. The molecule has 1 N–H and O–H groups in total. The lowest BCUT2D eigenvalue weighted by molar-refractivity contribution is 0.0696. The van der Waals surface area contributed by atoms with Gasteiger partial charge in [0.2, 0.25) is 0 Å². The van der Waals surface area contributed by atoms with Crippen LogP contribution in [0.1, 0.15) is 21.5 Å². The molecule has 0 amide bonds. The first kappa shape index (κ1) is 20.8. The van der Waals surface area contributed by atoms with E-state index in [1.54, 1.807) is 31.2 Å². The van der Waals surface area contributed by atoms with E-state index in [1.807, 2.05) is 0 Å². The van der Waals surface area contributed by atoms with Gasteiger partial charge in [-0.15, -0.1) is 0 Å². The number of sulfonamides is 1. The van der Waals surface area contributed by atoms with Crippen LogP contribution in [0, 0.1) is 12.7 Å². The molecular weight excluding hydrogens is 415 g/mol. The van der Waals surface area contributed by atoms with Crippen LogP contribution in [0.5, 0.6) is 0 Å². The van der Waals surface area contributed by atoms with Crippen LogP contribution >= 0.6 is 11.9 Å². The van der Waals surface area contributed by atoms with E-state index in [0.29, 0.717) is 11.3 Å². The predicted molar refractivity (Wildman–Crippen MR) is 110 cm³/mol. The Balaban J connectivity index is 1.99. The van der Waals surface area contributed by atoms with Gasteiger partial charge in [-0.3, -0.25) is 4.98 Å². The van der Waals surface area contributed by atoms with E-state index in [1.165, 1.54) is 36.7 Å². The first-order chi connectivity index (χ1) is 13.8. The van der Waals surface area contributed by atoms with Gasteiger partial charge < -0.3 is 5.11 Å². The summed E-state index contributed by atoms with van der Waals surface area (Å²) in [4.78, 5) is 15.3. The lowest BCUT2D eigenvalue weighted by atomic mass is 10.1. The Hall–Kier alpha value is -2.91. The van der Waals surface area contributed by atoms with E-state index in [9.17, 15) is 22.7 Å². The van der Waals surface area contributed by atoms with Gasteiger partial charge in [-0.05, 0) is 66.4 Å². The smallest absolute Gasteiger partial charge is 0.335 e. The molecule has 3 rings (SSSR count). The second-order valence-corrected chi connectivity index (χ2v) is 9.06. The van der Waals surface area contributed by atoms with Crippen molar-refractivity contribution in [3.63, 3.8) is 0 Å². The number of benzene rings is 2. The van der Waals surface area contributed by atoms with Gasteiger partial charge in [0.25, 0.3) is 10.0 Å². The van der Waals surface area contributed by atoms with E-state index in [4.69, 9.17) is 0 Å². The van der Waals surface area contributed by atoms with Gasteiger partial charge >= 0.3 is 5.97 Å². The molecule has 0 bridgehead atoms. The Bertz CT molecular complexity index is 1120. The fourth-order valence-corrected chi connectivity index (χ4v) is 5.32. The maximum Gasteiger partial charge on any atom is 0.335 e.